The van der Waals surface area contributed by atoms with Crippen molar-refractivity contribution in [2.45, 2.75) is 26.5 Å². The van der Waals surface area contributed by atoms with Gasteiger partial charge in [-0.1, -0.05) is 67.6 Å². The monoisotopic (exact) mass is 443 g/mol. The number of pyridine rings is 1. The zero-order chi connectivity index (χ0) is 23.5. The van der Waals surface area contributed by atoms with Crippen LogP contribution in [0.25, 0.3) is 10.9 Å². The number of aryl methyl sites for hydroxylation is 2. The Morgan fingerprint density at radius 1 is 1.00 bits per heavy atom. The third-order valence-electron chi connectivity index (χ3n) is 5.75. The first-order valence-electron chi connectivity index (χ1n) is 10.7. The van der Waals surface area contributed by atoms with Gasteiger partial charge in [0.15, 0.2) is 11.5 Å². The summed E-state index contributed by atoms with van der Waals surface area (Å²) < 4.78 is 8.47. The lowest BCUT2D eigenvalue weighted by atomic mass is 10.1. The third kappa shape index (κ3) is 4.17. The minimum atomic E-state index is -0.612. The van der Waals surface area contributed by atoms with Gasteiger partial charge in [-0.15, -0.1) is 0 Å². The molecular formula is C26H25N3O4. The number of nitrogen functional groups attached to an aromatic ring is 1. The molecule has 4 rings (SSSR count). The van der Waals surface area contributed by atoms with Crippen LogP contribution in [0.4, 0.5) is 5.69 Å². The summed E-state index contributed by atoms with van der Waals surface area (Å²) in [5.41, 5.74) is 8.65. The maximum absolute atomic E-state index is 13.4. The van der Waals surface area contributed by atoms with E-state index in [1.165, 1.54) is 4.57 Å². The van der Waals surface area contributed by atoms with Gasteiger partial charge in [-0.25, -0.2) is 4.79 Å². The first kappa shape index (κ1) is 22.1. The maximum Gasteiger partial charge on any atom is 0.357 e. The van der Waals surface area contributed by atoms with Crippen LogP contribution in [0.1, 0.15) is 39.0 Å². The number of benzene rings is 2. The van der Waals surface area contributed by atoms with Gasteiger partial charge in [0, 0.05) is 18.3 Å². The van der Waals surface area contributed by atoms with Crippen molar-refractivity contribution in [2.75, 3.05) is 5.73 Å². The average Bonchev–Trinajstić information content (AvgIpc) is 3.09. The first-order valence-corrected chi connectivity index (χ1v) is 10.7. The number of rotatable bonds is 7. The Kier molecular flexibility index (Phi) is 6.13. The van der Waals surface area contributed by atoms with E-state index in [9.17, 15) is 14.4 Å². The van der Waals surface area contributed by atoms with Gasteiger partial charge in [0.05, 0.1) is 23.1 Å². The lowest BCUT2D eigenvalue weighted by Crippen LogP contribution is -2.27. The normalized spacial score (nSPS) is 11.0. The Morgan fingerprint density at radius 3 is 2.27 bits per heavy atom. The summed E-state index contributed by atoms with van der Waals surface area (Å²) in [6.07, 6.45) is 0.534. The molecule has 0 aliphatic carbocycles. The van der Waals surface area contributed by atoms with Gasteiger partial charge in [0.1, 0.15) is 6.61 Å². The molecule has 7 heteroatoms. The van der Waals surface area contributed by atoms with E-state index in [2.05, 4.69) is 0 Å². The van der Waals surface area contributed by atoms with E-state index in [-0.39, 0.29) is 35.7 Å². The molecule has 0 bridgehead atoms. The number of Topliss-reactive ketones (excluding diaryl/α,β-unsaturated/α-hetero) is 1. The first-order chi connectivity index (χ1) is 15.9. The van der Waals surface area contributed by atoms with Crippen LogP contribution in [0.3, 0.4) is 0 Å². The second-order valence-corrected chi connectivity index (χ2v) is 7.81. The Bertz CT molecular complexity index is 1390. The van der Waals surface area contributed by atoms with Crippen LogP contribution in [0.5, 0.6) is 0 Å². The molecule has 0 aliphatic rings. The summed E-state index contributed by atoms with van der Waals surface area (Å²) in [6, 6.07) is 19.9. The molecule has 0 spiro atoms. The number of ether oxygens (including phenoxy) is 1. The summed E-state index contributed by atoms with van der Waals surface area (Å²) in [4.78, 5) is 39.1. The number of anilines is 1. The van der Waals surface area contributed by atoms with E-state index in [1.807, 2.05) is 43.3 Å². The number of nitrogens with two attached hydrogens (primary N) is 1. The number of hydrogen-bond acceptors (Lipinski definition) is 5. The molecule has 4 aromatic rings. The zero-order valence-electron chi connectivity index (χ0n) is 18.6. The Balaban J connectivity index is 1.73. The standard InChI is InChI=1S/C26H25N3O4/c1-3-19-14-20-22(25(31)29(19)15-21(30)18-12-8-5-9-13-18)23(27)24(28(20)2)26(32)33-16-17-10-6-4-7-11-17/h4-14H,3,15-16,27H2,1-2H3. The third-order valence-corrected chi connectivity index (χ3v) is 5.75. The summed E-state index contributed by atoms with van der Waals surface area (Å²) in [5, 5.41) is 0.210. The van der Waals surface area contributed by atoms with Crippen molar-refractivity contribution in [1.82, 2.24) is 9.13 Å². The van der Waals surface area contributed by atoms with Crippen molar-refractivity contribution >= 4 is 28.3 Å². The van der Waals surface area contributed by atoms with Crippen molar-refractivity contribution in [3.05, 3.63) is 99.6 Å². The van der Waals surface area contributed by atoms with E-state index in [0.717, 1.165) is 5.56 Å². The Morgan fingerprint density at radius 2 is 1.64 bits per heavy atom. The summed E-state index contributed by atoms with van der Waals surface area (Å²) in [7, 11) is 1.68. The van der Waals surface area contributed by atoms with Gasteiger partial charge in [-0.3, -0.25) is 9.59 Å². The van der Waals surface area contributed by atoms with E-state index >= 15 is 0 Å². The van der Waals surface area contributed by atoms with Gasteiger partial charge in [-0.05, 0) is 18.1 Å². The van der Waals surface area contributed by atoms with Crippen LogP contribution >= 0.6 is 0 Å². The predicted molar refractivity (Wildman–Crippen MR) is 127 cm³/mol. The number of nitrogens with zero attached hydrogens (tertiary/aromatic N) is 2. The highest BCUT2D eigenvalue weighted by Crippen LogP contribution is 2.27. The SMILES string of the molecule is CCc1cc2c(c(N)c(C(=O)OCc3ccccc3)n2C)c(=O)n1CC(=O)c1ccccc1. The molecule has 0 unspecified atom stereocenters. The number of hydrogen-bond donors (Lipinski definition) is 1. The second kappa shape index (κ2) is 9.16. The van der Waals surface area contributed by atoms with Crippen LogP contribution in [0.2, 0.25) is 0 Å². The lowest BCUT2D eigenvalue weighted by Gasteiger charge is -2.12. The van der Waals surface area contributed by atoms with E-state index in [4.69, 9.17) is 10.5 Å². The van der Waals surface area contributed by atoms with Crippen molar-refractivity contribution in [2.24, 2.45) is 7.05 Å². The molecule has 2 aromatic heterocycles. The molecule has 0 saturated heterocycles. The van der Waals surface area contributed by atoms with Gasteiger partial charge in [-0.2, -0.15) is 0 Å². The molecule has 2 N–H and O–H groups in total. The fourth-order valence-corrected chi connectivity index (χ4v) is 3.98. The molecule has 0 radical (unpaired) electrons. The minimum absolute atomic E-state index is 0.0547. The number of carbonyl (C=O) groups excluding carboxylic acids is 2. The van der Waals surface area contributed by atoms with Crippen molar-refractivity contribution in [3.8, 4) is 0 Å². The predicted octanol–water partition coefficient (Wildman–Crippen LogP) is 3.72. The molecule has 0 amide bonds. The Hall–Kier alpha value is -4.13. The fraction of sp³-hybridized carbons (Fsp3) is 0.192. The van der Waals surface area contributed by atoms with Gasteiger partial charge in [0.25, 0.3) is 5.56 Å². The zero-order valence-corrected chi connectivity index (χ0v) is 18.6. The number of ketones is 1. The van der Waals surface area contributed by atoms with Crippen LogP contribution in [-0.4, -0.2) is 20.9 Å². The molecule has 0 saturated carbocycles. The molecule has 2 aromatic carbocycles. The molecule has 0 fully saturated rings. The van der Waals surface area contributed by atoms with Gasteiger partial charge >= 0.3 is 5.97 Å². The molecule has 33 heavy (non-hydrogen) atoms. The van der Waals surface area contributed by atoms with Crippen molar-refractivity contribution in [3.63, 3.8) is 0 Å². The number of fused-ring (bicyclic) bond motifs is 1. The average molecular weight is 444 g/mol. The number of aromatic nitrogens is 2. The highest BCUT2D eigenvalue weighted by Gasteiger charge is 2.25. The Labute approximate surface area is 191 Å². The molecule has 0 atom stereocenters. The molecule has 2 heterocycles. The van der Waals surface area contributed by atoms with E-state index in [0.29, 0.717) is 23.2 Å². The highest BCUT2D eigenvalue weighted by atomic mass is 16.5. The van der Waals surface area contributed by atoms with Gasteiger partial charge in [0.2, 0.25) is 0 Å². The van der Waals surface area contributed by atoms with E-state index < -0.39 is 11.5 Å². The minimum Gasteiger partial charge on any atom is -0.456 e. The number of carbonyl (C=O) groups is 2. The van der Waals surface area contributed by atoms with E-state index in [1.54, 1.807) is 41.9 Å². The molecular weight excluding hydrogens is 418 g/mol. The molecule has 168 valence electrons. The smallest absolute Gasteiger partial charge is 0.357 e. The molecule has 0 aliphatic heterocycles. The fourth-order valence-electron chi connectivity index (χ4n) is 3.98. The van der Waals surface area contributed by atoms with Crippen molar-refractivity contribution in [1.29, 1.82) is 0 Å². The van der Waals surface area contributed by atoms with Crippen LogP contribution in [0, 0.1) is 0 Å². The van der Waals surface area contributed by atoms with Crippen LogP contribution in [-0.2, 0) is 31.4 Å². The topological polar surface area (TPSA) is 96.3 Å². The quantitative estimate of drug-likeness (QED) is 0.347. The lowest BCUT2D eigenvalue weighted by molar-refractivity contribution is 0.0463. The van der Waals surface area contributed by atoms with Crippen LogP contribution < -0.4 is 11.3 Å². The number of esters is 1. The summed E-state index contributed by atoms with van der Waals surface area (Å²) >= 11 is 0. The second-order valence-electron chi connectivity index (χ2n) is 7.81. The molecule has 7 nitrogen and oxygen atoms in total. The highest BCUT2D eigenvalue weighted by molar-refractivity contribution is 6.06. The summed E-state index contributed by atoms with van der Waals surface area (Å²) in [6.45, 7) is 1.90. The largest absolute Gasteiger partial charge is 0.456 e. The van der Waals surface area contributed by atoms with Crippen LogP contribution in [0.15, 0.2) is 71.5 Å². The summed E-state index contributed by atoms with van der Waals surface area (Å²) in [5.74, 6) is -0.789. The maximum atomic E-state index is 13.4. The van der Waals surface area contributed by atoms with Crippen molar-refractivity contribution < 1.29 is 14.3 Å². The van der Waals surface area contributed by atoms with Gasteiger partial charge < -0.3 is 19.6 Å².